The van der Waals surface area contributed by atoms with Crippen LogP contribution < -0.4 is 4.74 Å². The minimum absolute atomic E-state index is 0.151. The Labute approximate surface area is 140 Å². The van der Waals surface area contributed by atoms with Crippen molar-refractivity contribution in [1.29, 1.82) is 0 Å². The average Bonchev–Trinajstić information content (AvgIpc) is 2.51. The highest BCUT2D eigenvalue weighted by Gasteiger charge is 2.61. The summed E-state index contributed by atoms with van der Waals surface area (Å²) in [7, 11) is 0. The highest BCUT2D eigenvalue weighted by atomic mass is 19.4. The zero-order chi connectivity index (χ0) is 18.3. The normalized spacial score (nSPS) is 19.8. The van der Waals surface area contributed by atoms with Gasteiger partial charge in [0.25, 0.3) is 0 Å². The van der Waals surface area contributed by atoms with E-state index in [4.69, 9.17) is 0 Å². The van der Waals surface area contributed by atoms with Crippen LogP contribution in [0.1, 0.15) is 30.2 Å². The topological polar surface area (TPSA) is 42.4 Å². The van der Waals surface area contributed by atoms with Gasteiger partial charge in [0.05, 0.1) is 5.69 Å². The summed E-state index contributed by atoms with van der Waals surface area (Å²) >= 11 is 0. The van der Waals surface area contributed by atoms with Gasteiger partial charge in [-0.25, -0.2) is 8.78 Å². The summed E-state index contributed by atoms with van der Waals surface area (Å²) in [6.07, 6.45) is -6.24. The molecule has 0 bridgehead atoms. The summed E-state index contributed by atoms with van der Waals surface area (Å²) in [5.74, 6) is -3.52. The number of aromatic nitrogens is 1. The fourth-order valence-electron chi connectivity index (χ4n) is 3.25. The van der Waals surface area contributed by atoms with E-state index >= 15 is 0 Å². The number of hydrogen-bond donors (Lipinski definition) is 1. The molecular weight excluding hydrogens is 345 g/mol. The lowest BCUT2D eigenvalue weighted by atomic mass is 9.58. The van der Waals surface area contributed by atoms with E-state index in [0.29, 0.717) is 0 Å². The Morgan fingerprint density at radius 1 is 1.08 bits per heavy atom. The molecule has 134 valence electrons. The lowest BCUT2D eigenvalue weighted by molar-refractivity contribution is -0.274. The Morgan fingerprint density at radius 2 is 1.80 bits per heavy atom. The van der Waals surface area contributed by atoms with Gasteiger partial charge < -0.3 is 9.84 Å². The molecule has 0 radical (unpaired) electrons. The number of hydrogen-bond acceptors (Lipinski definition) is 3. The molecule has 1 unspecified atom stereocenters. The van der Waals surface area contributed by atoms with E-state index in [2.05, 4.69) is 9.72 Å². The molecule has 1 atom stereocenters. The van der Waals surface area contributed by atoms with Crippen molar-refractivity contribution in [2.75, 3.05) is 0 Å². The standard InChI is InChI=1S/C17H14F5NO2/c18-16(19)9-15(10-16,14(24)13-6-1-2-7-23-13)11-4-3-5-12(8-11)25-17(20,21)22/h1-8,14,24H,9-10H2. The molecule has 3 nitrogen and oxygen atoms in total. The van der Waals surface area contributed by atoms with Crippen molar-refractivity contribution in [3.8, 4) is 5.75 Å². The van der Waals surface area contributed by atoms with Crippen LogP contribution in [-0.2, 0) is 5.41 Å². The molecule has 1 aliphatic rings. The van der Waals surface area contributed by atoms with Crippen molar-refractivity contribution in [3.63, 3.8) is 0 Å². The largest absolute Gasteiger partial charge is 0.573 e. The number of alkyl halides is 5. The van der Waals surface area contributed by atoms with Crippen LogP contribution in [0.25, 0.3) is 0 Å². The van der Waals surface area contributed by atoms with Gasteiger partial charge in [0.2, 0.25) is 5.92 Å². The summed E-state index contributed by atoms with van der Waals surface area (Å²) < 4.78 is 68.3. The van der Waals surface area contributed by atoms with Gasteiger partial charge in [-0.15, -0.1) is 13.2 Å². The van der Waals surface area contributed by atoms with Gasteiger partial charge in [0.1, 0.15) is 11.9 Å². The maximum Gasteiger partial charge on any atom is 0.573 e. The Balaban J connectivity index is 1.98. The number of nitrogens with zero attached hydrogens (tertiary/aromatic N) is 1. The number of aliphatic hydroxyl groups excluding tert-OH is 1. The molecule has 25 heavy (non-hydrogen) atoms. The van der Waals surface area contributed by atoms with Crippen molar-refractivity contribution in [2.45, 2.75) is 36.6 Å². The summed E-state index contributed by atoms with van der Waals surface area (Å²) in [4.78, 5) is 3.98. The van der Waals surface area contributed by atoms with Gasteiger partial charge in [-0.3, -0.25) is 4.98 Å². The van der Waals surface area contributed by atoms with Crippen molar-refractivity contribution >= 4 is 0 Å². The number of aliphatic hydroxyl groups is 1. The summed E-state index contributed by atoms with van der Waals surface area (Å²) in [6, 6.07) is 9.49. The average molecular weight is 359 g/mol. The van der Waals surface area contributed by atoms with Gasteiger partial charge in [-0.2, -0.15) is 0 Å². The summed E-state index contributed by atoms with van der Waals surface area (Å²) in [5, 5.41) is 10.6. The maximum atomic E-state index is 13.6. The van der Waals surface area contributed by atoms with Crippen LogP contribution in [0.3, 0.4) is 0 Å². The second-order valence-corrected chi connectivity index (χ2v) is 6.10. The molecule has 0 spiro atoms. The Kier molecular flexibility index (Phi) is 4.18. The summed E-state index contributed by atoms with van der Waals surface area (Å²) in [5.41, 5.74) is -1.10. The third kappa shape index (κ3) is 3.58. The molecule has 1 N–H and O–H groups in total. The first-order chi connectivity index (χ1) is 11.6. The molecule has 1 saturated carbocycles. The number of pyridine rings is 1. The molecule has 0 aliphatic heterocycles. The molecule has 0 saturated heterocycles. The van der Waals surface area contributed by atoms with Gasteiger partial charge >= 0.3 is 6.36 Å². The molecule has 1 fully saturated rings. The van der Waals surface area contributed by atoms with Crippen molar-refractivity contribution < 1.29 is 31.8 Å². The lowest BCUT2D eigenvalue weighted by Crippen LogP contribution is -2.53. The molecule has 2 aromatic rings. The third-order valence-corrected chi connectivity index (χ3v) is 4.28. The second-order valence-electron chi connectivity index (χ2n) is 6.10. The number of rotatable bonds is 4. The van der Waals surface area contributed by atoms with Crippen LogP contribution >= 0.6 is 0 Å². The second kappa shape index (κ2) is 5.94. The fraction of sp³-hybridized carbons (Fsp3) is 0.353. The smallest absolute Gasteiger partial charge is 0.406 e. The van der Waals surface area contributed by atoms with Crippen LogP contribution in [0.15, 0.2) is 48.7 Å². The van der Waals surface area contributed by atoms with E-state index in [1.54, 1.807) is 12.1 Å². The highest BCUT2D eigenvalue weighted by Crippen LogP contribution is 2.59. The predicted molar refractivity (Wildman–Crippen MR) is 78.2 cm³/mol. The van der Waals surface area contributed by atoms with Crippen LogP contribution in [0.5, 0.6) is 5.75 Å². The van der Waals surface area contributed by atoms with Crippen molar-refractivity contribution in [1.82, 2.24) is 4.98 Å². The van der Waals surface area contributed by atoms with Crippen molar-refractivity contribution in [3.05, 3.63) is 59.9 Å². The number of benzene rings is 1. The molecule has 1 aliphatic carbocycles. The van der Waals surface area contributed by atoms with Crippen LogP contribution in [0.4, 0.5) is 22.0 Å². The van der Waals surface area contributed by atoms with Gasteiger partial charge in [0, 0.05) is 24.5 Å². The third-order valence-electron chi connectivity index (χ3n) is 4.28. The quantitative estimate of drug-likeness (QED) is 0.824. The molecule has 8 heteroatoms. The SMILES string of the molecule is OC(c1ccccn1)C1(c2cccc(OC(F)(F)F)c2)CC(F)(F)C1. The Morgan fingerprint density at radius 3 is 2.36 bits per heavy atom. The monoisotopic (exact) mass is 359 g/mol. The van der Waals surface area contributed by atoms with E-state index in [9.17, 15) is 27.1 Å². The minimum atomic E-state index is -4.89. The van der Waals surface area contributed by atoms with Crippen LogP contribution in [0, 0.1) is 0 Å². The lowest BCUT2D eigenvalue weighted by Gasteiger charge is -2.50. The van der Waals surface area contributed by atoms with Gasteiger partial charge in [-0.1, -0.05) is 18.2 Å². The van der Waals surface area contributed by atoms with E-state index in [1.807, 2.05) is 0 Å². The number of halogens is 5. The molecule has 1 aromatic heterocycles. The van der Waals surface area contributed by atoms with Crippen molar-refractivity contribution in [2.24, 2.45) is 0 Å². The van der Waals surface area contributed by atoms with Gasteiger partial charge in [-0.05, 0) is 29.8 Å². The molecule has 1 heterocycles. The van der Waals surface area contributed by atoms with E-state index in [-0.39, 0.29) is 11.3 Å². The minimum Gasteiger partial charge on any atom is -0.406 e. The Hall–Kier alpha value is -2.22. The predicted octanol–water partition coefficient (Wildman–Crippen LogP) is 4.38. The molecule has 1 aromatic carbocycles. The highest BCUT2D eigenvalue weighted by molar-refractivity contribution is 5.39. The van der Waals surface area contributed by atoms with E-state index < -0.39 is 42.4 Å². The molecule has 0 amide bonds. The van der Waals surface area contributed by atoms with E-state index in [0.717, 1.165) is 12.1 Å². The summed E-state index contributed by atoms with van der Waals surface area (Å²) in [6.45, 7) is 0. The number of ether oxygens (including phenoxy) is 1. The Bertz CT molecular complexity index is 740. The van der Waals surface area contributed by atoms with Gasteiger partial charge in [0.15, 0.2) is 0 Å². The fourth-order valence-corrected chi connectivity index (χ4v) is 3.25. The first-order valence-electron chi connectivity index (χ1n) is 7.44. The zero-order valence-corrected chi connectivity index (χ0v) is 12.8. The van der Waals surface area contributed by atoms with Crippen LogP contribution in [0.2, 0.25) is 0 Å². The molecular formula is C17H14F5NO2. The first-order valence-corrected chi connectivity index (χ1v) is 7.44. The van der Waals surface area contributed by atoms with E-state index in [1.165, 1.54) is 24.4 Å². The van der Waals surface area contributed by atoms with Crippen LogP contribution in [-0.4, -0.2) is 22.4 Å². The first kappa shape index (κ1) is 17.6. The molecule has 3 rings (SSSR count). The zero-order valence-electron chi connectivity index (χ0n) is 12.8. The maximum absolute atomic E-state index is 13.6.